The van der Waals surface area contributed by atoms with E-state index in [1.165, 1.54) is 44.6 Å². The van der Waals surface area contributed by atoms with Crippen molar-refractivity contribution in [1.29, 1.82) is 0 Å². The van der Waals surface area contributed by atoms with Gasteiger partial charge in [0.15, 0.2) is 5.70 Å². The van der Waals surface area contributed by atoms with Crippen LogP contribution in [0.15, 0.2) is 53.2 Å². The van der Waals surface area contributed by atoms with E-state index in [4.69, 9.17) is 14.2 Å². The number of cyclic esters (lactones) is 1. The fraction of sp³-hybridized carbons (Fsp3) is 0.111. The first-order valence-electron chi connectivity index (χ1n) is 7.51. The Morgan fingerprint density at radius 1 is 1.12 bits per heavy atom. The molecular formula is C18H14N2O6. The summed E-state index contributed by atoms with van der Waals surface area (Å²) in [6.45, 7) is 0. The number of carbonyl (C=O) groups is 1. The van der Waals surface area contributed by atoms with Crippen molar-refractivity contribution in [2.24, 2.45) is 4.99 Å². The summed E-state index contributed by atoms with van der Waals surface area (Å²) < 4.78 is 15.7. The Kier molecular flexibility index (Phi) is 4.66. The summed E-state index contributed by atoms with van der Waals surface area (Å²) in [7, 11) is 3.02. The Morgan fingerprint density at radius 2 is 1.85 bits per heavy atom. The third kappa shape index (κ3) is 3.39. The lowest BCUT2D eigenvalue weighted by Crippen LogP contribution is -2.07. The number of nitrogens with zero attached hydrogens (tertiary/aromatic N) is 2. The number of hydrogen-bond donors (Lipinski definition) is 0. The first-order valence-corrected chi connectivity index (χ1v) is 7.51. The molecule has 8 heteroatoms. The fourth-order valence-corrected chi connectivity index (χ4v) is 2.36. The number of nitro groups is 1. The van der Waals surface area contributed by atoms with Gasteiger partial charge in [-0.3, -0.25) is 10.1 Å². The molecule has 132 valence electrons. The highest BCUT2D eigenvalue weighted by Gasteiger charge is 2.26. The Morgan fingerprint density at radius 3 is 2.46 bits per heavy atom. The summed E-state index contributed by atoms with van der Waals surface area (Å²) >= 11 is 0. The lowest BCUT2D eigenvalue weighted by molar-refractivity contribution is -0.384. The summed E-state index contributed by atoms with van der Waals surface area (Å²) in [6.07, 6.45) is 1.49. The highest BCUT2D eigenvalue weighted by atomic mass is 16.6. The molecule has 0 bridgehead atoms. The molecule has 0 amide bonds. The minimum absolute atomic E-state index is 0.0357. The van der Waals surface area contributed by atoms with Crippen molar-refractivity contribution < 1.29 is 23.9 Å². The van der Waals surface area contributed by atoms with Crippen LogP contribution in [-0.2, 0) is 9.53 Å². The summed E-state index contributed by atoms with van der Waals surface area (Å²) in [4.78, 5) is 26.5. The topological polar surface area (TPSA) is 100 Å². The van der Waals surface area contributed by atoms with Crippen molar-refractivity contribution in [1.82, 2.24) is 0 Å². The third-order valence-electron chi connectivity index (χ3n) is 3.66. The van der Waals surface area contributed by atoms with Crippen molar-refractivity contribution in [2.75, 3.05) is 14.2 Å². The second kappa shape index (κ2) is 7.06. The number of aliphatic imine (C=N–C) groups is 1. The average molecular weight is 354 g/mol. The van der Waals surface area contributed by atoms with Crippen LogP contribution in [0.3, 0.4) is 0 Å². The minimum Gasteiger partial charge on any atom is -0.497 e. The zero-order chi connectivity index (χ0) is 18.7. The maximum Gasteiger partial charge on any atom is 0.363 e. The number of nitro benzene ring substituents is 1. The summed E-state index contributed by atoms with van der Waals surface area (Å²) in [5.41, 5.74) is 1.11. The summed E-state index contributed by atoms with van der Waals surface area (Å²) in [6, 6.07) is 10.8. The zero-order valence-electron chi connectivity index (χ0n) is 14.0. The van der Waals surface area contributed by atoms with Gasteiger partial charge < -0.3 is 14.2 Å². The van der Waals surface area contributed by atoms with Gasteiger partial charge in [-0.25, -0.2) is 9.79 Å². The molecule has 1 aliphatic rings. The molecular weight excluding hydrogens is 340 g/mol. The van der Waals surface area contributed by atoms with E-state index >= 15 is 0 Å². The number of esters is 1. The monoisotopic (exact) mass is 354 g/mol. The van der Waals surface area contributed by atoms with E-state index in [9.17, 15) is 14.9 Å². The van der Waals surface area contributed by atoms with Crippen LogP contribution in [0.4, 0.5) is 5.69 Å². The van der Waals surface area contributed by atoms with Gasteiger partial charge in [0.05, 0.1) is 24.7 Å². The average Bonchev–Trinajstić information content (AvgIpc) is 3.02. The fourth-order valence-electron chi connectivity index (χ4n) is 2.36. The molecule has 0 fully saturated rings. The molecule has 8 nitrogen and oxygen atoms in total. The molecule has 26 heavy (non-hydrogen) atoms. The molecule has 0 spiro atoms. The molecule has 0 aromatic heterocycles. The van der Waals surface area contributed by atoms with Crippen LogP contribution in [0.2, 0.25) is 0 Å². The molecule has 3 rings (SSSR count). The van der Waals surface area contributed by atoms with Gasteiger partial charge >= 0.3 is 5.97 Å². The molecule has 0 unspecified atom stereocenters. The van der Waals surface area contributed by atoms with E-state index in [1.807, 2.05) is 0 Å². The largest absolute Gasteiger partial charge is 0.497 e. The Bertz CT molecular complexity index is 931. The zero-order valence-corrected chi connectivity index (χ0v) is 14.0. The van der Waals surface area contributed by atoms with Gasteiger partial charge in [0.2, 0.25) is 5.90 Å². The molecule has 1 heterocycles. The van der Waals surface area contributed by atoms with E-state index in [2.05, 4.69) is 4.99 Å². The summed E-state index contributed by atoms with van der Waals surface area (Å²) in [5, 5.41) is 10.7. The number of rotatable bonds is 5. The van der Waals surface area contributed by atoms with Gasteiger partial charge in [-0.2, -0.15) is 0 Å². The Labute approximate surface area is 148 Å². The molecule has 0 saturated heterocycles. The predicted octanol–water partition coefficient (Wildman–Crippen LogP) is 2.96. The number of benzene rings is 2. The second-order valence-electron chi connectivity index (χ2n) is 5.25. The smallest absolute Gasteiger partial charge is 0.363 e. The molecule has 2 aromatic carbocycles. The Hall–Kier alpha value is -3.68. The molecule has 1 aliphatic heterocycles. The number of hydrogen-bond acceptors (Lipinski definition) is 7. The molecule has 2 aromatic rings. The normalized spacial score (nSPS) is 14.8. The van der Waals surface area contributed by atoms with Crippen molar-refractivity contribution >= 4 is 23.6 Å². The second-order valence-corrected chi connectivity index (χ2v) is 5.25. The SMILES string of the molecule is COc1ccc(OC)c(C2=NC(=Cc3ccc([N+](=O)[O-])cc3)C(=O)O2)c1. The lowest BCUT2D eigenvalue weighted by atomic mass is 10.1. The van der Waals surface area contributed by atoms with Crippen LogP contribution in [0.25, 0.3) is 6.08 Å². The molecule has 0 atom stereocenters. The van der Waals surface area contributed by atoms with E-state index in [0.717, 1.165) is 0 Å². The third-order valence-corrected chi connectivity index (χ3v) is 3.66. The molecule has 0 N–H and O–H groups in total. The maximum atomic E-state index is 12.1. The van der Waals surface area contributed by atoms with Gasteiger partial charge in [-0.15, -0.1) is 0 Å². The van der Waals surface area contributed by atoms with E-state index < -0.39 is 10.9 Å². The van der Waals surface area contributed by atoms with Gasteiger partial charge in [-0.1, -0.05) is 0 Å². The highest BCUT2D eigenvalue weighted by molar-refractivity contribution is 6.14. The van der Waals surface area contributed by atoms with Crippen molar-refractivity contribution in [2.45, 2.75) is 0 Å². The first-order chi connectivity index (χ1) is 12.5. The molecule has 0 aliphatic carbocycles. The quantitative estimate of drug-likeness (QED) is 0.354. The van der Waals surface area contributed by atoms with E-state index in [0.29, 0.717) is 22.6 Å². The standard InChI is InChI=1S/C18H14N2O6/c1-24-13-7-8-16(25-2)14(10-13)17-19-15(18(21)26-17)9-11-3-5-12(6-4-11)20(22)23/h3-10H,1-2H3. The van der Waals surface area contributed by atoms with Gasteiger partial charge in [0.1, 0.15) is 11.5 Å². The summed E-state index contributed by atoms with van der Waals surface area (Å²) in [5.74, 6) is 0.517. The van der Waals surface area contributed by atoms with Crippen LogP contribution in [0.1, 0.15) is 11.1 Å². The lowest BCUT2D eigenvalue weighted by Gasteiger charge is -2.08. The highest BCUT2D eigenvalue weighted by Crippen LogP contribution is 2.28. The van der Waals surface area contributed by atoms with Crippen LogP contribution in [0.5, 0.6) is 11.5 Å². The van der Waals surface area contributed by atoms with Crippen LogP contribution >= 0.6 is 0 Å². The number of ether oxygens (including phenoxy) is 3. The van der Waals surface area contributed by atoms with Crippen molar-refractivity contribution in [3.05, 3.63) is 69.4 Å². The molecule has 0 saturated carbocycles. The minimum atomic E-state index is -0.622. The van der Waals surface area contributed by atoms with Gasteiger partial charge in [0, 0.05) is 12.1 Å². The molecule has 0 radical (unpaired) electrons. The van der Waals surface area contributed by atoms with Crippen LogP contribution < -0.4 is 9.47 Å². The Balaban J connectivity index is 1.95. The van der Waals surface area contributed by atoms with Crippen LogP contribution in [0, 0.1) is 10.1 Å². The maximum absolute atomic E-state index is 12.1. The number of carbonyl (C=O) groups excluding carboxylic acids is 1. The van der Waals surface area contributed by atoms with Crippen LogP contribution in [-0.4, -0.2) is 31.0 Å². The van der Waals surface area contributed by atoms with E-state index in [-0.39, 0.29) is 17.3 Å². The van der Waals surface area contributed by atoms with Gasteiger partial charge in [-0.05, 0) is 42.0 Å². The number of non-ortho nitro benzene ring substituents is 1. The predicted molar refractivity (Wildman–Crippen MR) is 93.2 cm³/mol. The first kappa shape index (κ1) is 17.2. The van der Waals surface area contributed by atoms with E-state index in [1.54, 1.807) is 18.2 Å². The van der Waals surface area contributed by atoms with Crippen molar-refractivity contribution in [3.63, 3.8) is 0 Å². The number of methoxy groups -OCH3 is 2. The van der Waals surface area contributed by atoms with Gasteiger partial charge in [0.25, 0.3) is 5.69 Å². The van der Waals surface area contributed by atoms with Crippen molar-refractivity contribution in [3.8, 4) is 11.5 Å².